The number of fused-ring (bicyclic) bond motifs is 1. The number of benzene rings is 1. The number of carbonyl (C=O) groups excluding carboxylic acids is 1. The molecule has 1 aromatic heterocycles. The van der Waals surface area contributed by atoms with E-state index in [1.165, 1.54) is 11.1 Å². The summed E-state index contributed by atoms with van der Waals surface area (Å²) in [6.45, 7) is 7.32. The van der Waals surface area contributed by atoms with Gasteiger partial charge in [0.25, 0.3) is 0 Å². The average molecular weight is 327 g/mol. The van der Waals surface area contributed by atoms with Crippen molar-refractivity contribution in [3.63, 3.8) is 0 Å². The summed E-state index contributed by atoms with van der Waals surface area (Å²) in [5, 5.41) is 11.1. The van der Waals surface area contributed by atoms with E-state index in [1.54, 1.807) is 6.33 Å². The predicted molar refractivity (Wildman–Crippen MR) is 92.4 cm³/mol. The van der Waals surface area contributed by atoms with Crippen LogP contribution >= 0.6 is 0 Å². The molecule has 0 saturated heterocycles. The highest BCUT2D eigenvalue weighted by molar-refractivity contribution is 5.82. The number of aryl methyl sites for hydroxylation is 1. The Kier molecular flexibility index (Phi) is 5.25. The molecule has 0 saturated carbocycles. The Hall–Kier alpha value is -2.21. The maximum Gasteiger partial charge on any atom is 0.237 e. The van der Waals surface area contributed by atoms with Crippen molar-refractivity contribution < 1.29 is 4.79 Å². The average Bonchev–Trinajstić information content (AvgIpc) is 3.08. The monoisotopic (exact) mass is 327 g/mol. The second-order valence-electron chi connectivity index (χ2n) is 6.13. The van der Waals surface area contributed by atoms with Gasteiger partial charge in [-0.25, -0.2) is 0 Å². The lowest BCUT2D eigenvalue weighted by Gasteiger charge is -2.35. The summed E-state index contributed by atoms with van der Waals surface area (Å²) in [6.07, 6.45) is 3.21. The van der Waals surface area contributed by atoms with Crippen molar-refractivity contribution in [1.82, 2.24) is 25.0 Å². The Morgan fingerprint density at radius 3 is 2.79 bits per heavy atom. The van der Waals surface area contributed by atoms with Gasteiger partial charge in [0.2, 0.25) is 5.91 Å². The van der Waals surface area contributed by atoms with Crippen LogP contribution in [0.5, 0.6) is 0 Å². The summed E-state index contributed by atoms with van der Waals surface area (Å²) in [6, 6.07) is 8.31. The molecule has 0 unspecified atom stereocenters. The number of carbonyl (C=O) groups is 1. The number of nitrogens with zero attached hydrogens (tertiary/aromatic N) is 4. The Morgan fingerprint density at radius 2 is 2.04 bits per heavy atom. The van der Waals surface area contributed by atoms with Crippen molar-refractivity contribution in [3.05, 3.63) is 47.5 Å². The molecule has 1 amide bonds. The van der Waals surface area contributed by atoms with Crippen molar-refractivity contribution in [1.29, 1.82) is 0 Å². The maximum absolute atomic E-state index is 12.7. The summed E-state index contributed by atoms with van der Waals surface area (Å²) >= 11 is 0. The van der Waals surface area contributed by atoms with Crippen LogP contribution in [0, 0.1) is 0 Å². The zero-order valence-corrected chi connectivity index (χ0v) is 14.4. The van der Waals surface area contributed by atoms with Crippen LogP contribution in [0.2, 0.25) is 0 Å². The highest BCUT2D eigenvalue weighted by Gasteiger charge is 2.30. The molecule has 1 aliphatic heterocycles. The molecular weight excluding hydrogens is 302 g/mol. The van der Waals surface area contributed by atoms with Crippen LogP contribution < -0.4 is 5.32 Å². The molecule has 128 valence electrons. The second-order valence-corrected chi connectivity index (χ2v) is 6.13. The van der Waals surface area contributed by atoms with Crippen LogP contribution in [0.25, 0.3) is 0 Å². The lowest BCUT2D eigenvalue weighted by Crippen LogP contribution is -2.50. The van der Waals surface area contributed by atoms with E-state index >= 15 is 0 Å². The number of nitrogens with one attached hydrogen (secondary N) is 1. The fourth-order valence-corrected chi connectivity index (χ4v) is 3.32. The molecule has 24 heavy (non-hydrogen) atoms. The maximum atomic E-state index is 12.7. The number of hydrogen-bond acceptors (Lipinski definition) is 4. The van der Waals surface area contributed by atoms with Crippen LogP contribution in [-0.4, -0.2) is 44.7 Å². The summed E-state index contributed by atoms with van der Waals surface area (Å²) in [7, 11) is 0. The van der Waals surface area contributed by atoms with Crippen LogP contribution in [0.15, 0.2) is 30.6 Å². The molecule has 1 aromatic carbocycles. The summed E-state index contributed by atoms with van der Waals surface area (Å²) in [5.41, 5.74) is 2.62. The van der Waals surface area contributed by atoms with Crippen molar-refractivity contribution >= 4 is 5.91 Å². The van der Waals surface area contributed by atoms with Crippen LogP contribution in [-0.2, 0) is 30.7 Å². The SMILES string of the molecule is CCN1Cc2ccccc2C[C@@H]1C(=O)NCCc1nncn1CC. The van der Waals surface area contributed by atoms with E-state index in [0.29, 0.717) is 13.0 Å². The molecule has 0 radical (unpaired) electrons. The van der Waals surface area contributed by atoms with Crippen molar-refractivity contribution in [3.8, 4) is 0 Å². The molecule has 0 bridgehead atoms. The van der Waals surface area contributed by atoms with Gasteiger partial charge in [-0.2, -0.15) is 0 Å². The molecular formula is C18H25N5O. The van der Waals surface area contributed by atoms with Gasteiger partial charge in [0.1, 0.15) is 12.2 Å². The largest absolute Gasteiger partial charge is 0.354 e. The van der Waals surface area contributed by atoms with E-state index in [0.717, 1.165) is 31.9 Å². The molecule has 0 fully saturated rings. The van der Waals surface area contributed by atoms with Crippen molar-refractivity contribution in [2.45, 2.75) is 45.8 Å². The molecule has 1 N–H and O–H groups in total. The highest BCUT2D eigenvalue weighted by Crippen LogP contribution is 2.23. The molecule has 6 heteroatoms. The predicted octanol–water partition coefficient (Wildman–Crippen LogP) is 1.40. The normalized spacial score (nSPS) is 17.5. The standard InChI is InChI=1S/C18H25N5O/c1-3-22-12-15-8-6-5-7-14(15)11-16(22)18(24)19-10-9-17-21-20-13-23(17)4-2/h5-8,13,16H,3-4,9-12H2,1-2H3,(H,19,24)/t16-/m1/s1. The van der Waals surface area contributed by atoms with E-state index < -0.39 is 0 Å². The van der Waals surface area contributed by atoms with Gasteiger partial charge >= 0.3 is 0 Å². The highest BCUT2D eigenvalue weighted by atomic mass is 16.2. The van der Waals surface area contributed by atoms with Gasteiger partial charge in [-0.15, -0.1) is 10.2 Å². The molecule has 2 heterocycles. The molecule has 0 aliphatic carbocycles. The molecule has 2 aromatic rings. The zero-order chi connectivity index (χ0) is 16.9. The first-order chi connectivity index (χ1) is 11.7. The fourth-order valence-electron chi connectivity index (χ4n) is 3.32. The zero-order valence-electron chi connectivity index (χ0n) is 14.4. The van der Waals surface area contributed by atoms with Gasteiger partial charge in [-0.05, 0) is 31.0 Å². The van der Waals surface area contributed by atoms with Gasteiger partial charge in [0.05, 0.1) is 6.04 Å². The van der Waals surface area contributed by atoms with Crippen molar-refractivity contribution in [2.75, 3.05) is 13.1 Å². The minimum atomic E-state index is -0.0889. The van der Waals surface area contributed by atoms with Gasteiger partial charge in [-0.1, -0.05) is 31.2 Å². The molecule has 1 atom stereocenters. The minimum Gasteiger partial charge on any atom is -0.354 e. The topological polar surface area (TPSA) is 63.1 Å². The smallest absolute Gasteiger partial charge is 0.237 e. The third-order valence-electron chi connectivity index (χ3n) is 4.74. The molecule has 0 spiro atoms. The van der Waals surface area contributed by atoms with E-state index in [-0.39, 0.29) is 11.9 Å². The Labute approximate surface area is 142 Å². The first-order valence-electron chi connectivity index (χ1n) is 8.68. The lowest BCUT2D eigenvalue weighted by atomic mass is 9.93. The number of rotatable bonds is 6. The minimum absolute atomic E-state index is 0.0889. The summed E-state index contributed by atoms with van der Waals surface area (Å²) in [4.78, 5) is 14.9. The van der Waals surface area contributed by atoms with Crippen LogP contribution in [0.1, 0.15) is 30.8 Å². The van der Waals surface area contributed by atoms with E-state index in [2.05, 4.69) is 52.5 Å². The second kappa shape index (κ2) is 7.57. The lowest BCUT2D eigenvalue weighted by molar-refractivity contribution is -0.126. The van der Waals surface area contributed by atoms with E-state index in [4.69, 9.17) is 0 Å². The first-order valence-corrected chi connectivity index (χ1v) is 8.68. The third-order valence-corrected chi connectivity index (χ3v) is 4.74. The quantitative estimate of drug-likeness (QED) is 0.871. The Morgan fingerprint density at radius 1 is 1.25 bits per heavy atom. The molecule has 6 nitrogen and oxygen atoms in total. The summed E-state index contributed by atoms with van der Waals surface area (Å²) in [5.74, 6) is 1.02. The van der Waals surface area contributed by atoms with Gasteiger partial charge in [0.15, 0.2) is 0 Å². The van der Waals surface area contributed by atoms with Gasteiger partial charge in [-0.3, -0.25) is 9.69 Å². The Balaban J connectivity index is 1.60. The van der Waals surface area contributed by atoms with E-state index in [1.807, 2.05) is 10.6 Å². The van der Waals surface area contributed by atoms with Crippen LogP contribution in [0.3, 0.4) is 0 Å². The number of likely N-dealkylation sites (N-methyl/N-ethyl adjacent to an activating group) is 1. The first kappa shape index (κ1) is 16.6. The third kappa shape index (κ3) is 3.48. The number of hydrogen-bond donors (Lipinski definition) is 1. The summed E-state index contributed by atoms with van der Waals surface area (Å²) < 4.78 is 2.00. The van der Waals surface area contributed by atoms with Gasteiger partial charge < -0.3 is 9.88 Å². The van der Waals surface area contributed by atoms with E-state index in [9.17, 15) is 4.79 Å². The molecule has 1 aliphatic rings. The van der Waals surface area contributed by atoms with Crippen LogP contribution in [0.4, 0.5) is 0 Å². The van der Waals surface area contributed by atoms with Gasteiger partial charge in [0, 0.05) is 26.1 Å². The fraction of sp³-hybridized carbons (Fsp3) is 0.500. The van der Waals surface area contributed by atoms with Crippen molar-refractivity contribution in [2.24, 2.45) is 0 Å². The number of aromatic nitrogens is 3. The Bertz CT molecular complexity index is 696. The molecule has 3 rings (SSSR count). The number of amides is 1.